The number of amides is 1. The van der Waals surface area contributed by atoms with Crippen molar-refractivity contribution in [3.63, 3.8) is 0 Å². The van der Waals surface area contributed by atoms with Crippen LogP contribution in [0.15, 0.2) is 0 Å². The van der Waals surface area contributed by atoms with Crippen LogP contribution in [0.2, 0.25) is 0 Å². The predicted octanol–water partition coefficient (Wildman–Crippen LogP) is 0.655. The van der Waals surface area contributed by atoms with Gasteiger partial charge in [0.2, 0.25) is 5.91 Å². The van der Waals surface area contributed by atoms with Crippen molar-refractivity contribution < 1.29 is 9.53 Å². The van der Waals surface area contributed by atoms with E-state index in [1.165, 1.54) is 7.11 Å². The molecule has 3 N–H and O–H groups in total. The topological polar surface area (TPSA) is 64.4 Å². The van der Waals surface area contributed by atoms with Gasteiger partial charge >= 0.3 is 0 Å². The van der Waals surface area contributed by atoms with E-state index in [-0.39, 0.29) is 18.6 Å². The van der Waals surface area contributed by atoms with E-state index < -0.39 is 6.04 Å². The van der Waals surface area contributed by atoms with Crippen LogP contribution in [0.1, 0.15) is 33.1 Å². The summed E-state index contributed by atoms with van der Waals surface area (Å²) in [6, 6.07) is -0.304. The van der Waals surface area contributed by atoms with Crippen molar-refractivity contribution in [2.24, 2.45) is 5.73 Å². The molecule has 0 aromatic carbocycles. The molecular formula is C10H22N2O2. The molecule has 14 heavy (non-hydrogen) atoms. The van der Waals surface area contributed by atoms with Crippen molar-refractivity contribution in [1.82, 2.24) is 5.32 Å². The summed E-state index contributed by atoms with van der Waals surface area (Å²) in [6.45, 7) is 4.43. The van der Waals surface area contributed by atoms with E-state index in [9.17, 15) is 4.79 Å². The first-order valence-electron chi connectivity index (χ1n) is 5.20. The summed E-state index contributed by atoms with van der Waals surface area (Å²) in [5, 5.41) is 2.91. The van der Waals surface area contributed by atoms with Crippen LogP contribution < -0.4 is 11.1 Å². The van der Waals surface area contributed by atoms with Crippen LogP contribution in [0.3, 0.4) is 0 Å². The smallest absolute Gasteiger partial charge is 0.239 e. The number of carbonyl (C=O) groups is 1. The first kappa shape index (κ1) is 13.4. The van der Waals surface area contributed by atoms with Gasteiger partial charge in [0.15, 0.2) is 0 Å². The predicted molar refractivity (Wildman–Crippen MR) is 57.0 cm³/mol. The lowest BCUT2D eigenvalue weighted by atomic mass is 10.1. The van der Waals surface area contributed by atoms with E-state index in [4.69, 9.17) is 10.5 Å². The van der Waals surface area contributed by atoms with E-state index >= 15 is 0 Å². The fraction of sp³-hybridized carbons (Fsp3) is 0.900. The molecule has 0 aliphatic rings. The number of nitrogens with one attached hydrogen (secondary N) is 1. The van der Waals surface area contributed by atoms with Crippen molar-refractivity contribution in [3.8, 4) is 0 Å². The van der Waals surface area contributed by atoms with Crippen molar-refractivity contribution in [1.29, 1.82) is 0 Å². The maximum Gasteiger partial charge on any atom is 0.239 e. The van der Waals surface area contributed by atoms with Crippen molar-refractivity contribution in [2.45, 2.75) is 45.2 Å². The average Bonchev–Trinajstić information content (AvgIpc) is 2.17. The summed E-state index contributed by atoms with van der Waals surface area (Å²) in [5.41, 5.74) is 5.59. The van der Waals surface area contributed by atoms with E-state index in [1.54, 1.807) is 0 Å². The Morgan fingerprint density at radius 1 is 1.50 bits per heavy atom. The zero-order valence-corrected chi connectivity index (χ0v) is 9.38. The molecular weight excluding hydrogens is 180 g/mol. The fourth-order valence-corrected chi connectivity index (χ4v) is 1.29. The standard InChI is InChI=1S/C10H22N2O2/c1-4-6-8(5-2)12-10(13)9(11)7-14-3/h8-9H,4-7,11H2,1-3H3,(H,12,13). The molecule has 0 spiro atoms. The second-order valence-electron chi connectivity index (χ2n) is 3.46. The molecule has 0 bridgehead atoms. The number of hydrogen-bond donors (Lipinski definition) is 2. The van der Waals surface area contributed by atoms with Crippen LogP contribution in [0, 0.1) is 0 Å². The van der Waals surface area contributed by atoms with Crippen molar-refractivity contribution in [3.05, 3.63) is 0 Å². The Balaban J connectivity index is 3.88. The van der Waals surface area contributed by atoms with Gasteiger partial charge in [0.05, 0.1) is 6.61 Å². The summed E-state index contributed by atoms with van der Waals surface area (Å²) in [6.07, 6.45) is 3.01. The number of rotatable bonds is 7. The number of methoxy groups -OCH3 is 1. The minimum atomic E-state index is -0.550. The number of hydrogen-bond acceptors (Lipinski definition) is 3. The van der Waals surface area contributed by atoms with Crippen LogP contribution in [0.4, 0.5) is 0 Å². The lowest BCUT2D eigenvalue weighted by Crippen LogP contribution is -2.47. The average molecular weight is 202 g/mol. The van der Waals surface area contributed by atoms with Gasteiger partial charge in [0, 0.05) is 13.2 Å². The van der Waals surface area contributed by atoms with Crippen LogP contribution in [-0.4, -0.2) is 31.7 Å². The van der Waals surface area contributed by atoms with Gasteiger partial charge in [-0.15, -0.1) is 0 Å². The largest absolute Gasteiger partial charge is 0.383 e. The molecule has 4 heteroatoms. The molecule has 0 fully saturated rings. The van der Waals surface area contributed by atoms with Crippen LogP contribution >= 0.6 is 0 Å². The minimum absolute atomic E-state index is 0.118. The van der Waals surface area contributed by atoms with Crippen molar-refractivity contribution >= 4 is 5.91 Å². The van der Waals surface area contributed by atoms with Gasteiger partial charge in [-0.25, -0.2) is 0 Å². The molecule has 0 rings (SSSR count). The highest BCUT2D eigenvalue weighted by atomic mass is 16.5. The highest BCUT2D eigenvalue weighted by Gasteiger charge is 2.15. The van der Waals surface area contributed by atoms with Gasteiger partial charge < -0.3 is 15.8 Å². The van der Waals surface area contributed by atoms with E-state index in [0.717, 1.165) is 19.3 Å². The normalized spacial score (nSPS) is 14.9. The Bertz CT molecular complexity index is 162. The zero-order valence-electron chi connectivity index (χ0n) is 9.38. The SMILES string of the molecule is CCCC(CC)NC(=O)C(N)COC. The monoisotopic (exact) mass is 202 g/mol. The fourth-order valence-electron chi connectivity index (χ4n) is 1.29. The number of ether oxygens (including phenoxy) is 1. The molecule has 0 heterocycles. The summed E-state index contributed by atoms with van der Waals surface area (Å²) >= 11 is 0. The van der Waals surface area contributed by atoms with Crippen LogP contribution in [-0.2, 0) is 9.53 Å². The van der Waals surface area contributed by atoms with E-state index in [2.05, 4.69) is 19.2 Å². The highest BCUT2D eigenvalue weighted by Crippen LogP contribution is 2.00. The molecule has 0 aromatic heterocycles. The molecule has 84 valence electrons. The van der Waals surface area contributed by atoms with E-state index in [0.29, 0.717) is 0 Å². The third kappa shape index (κ3) is 5.19. The Labute approximate surface area is 86.2 Å². The van der Waals surface area contributed by atoms with Gasteiger partial charge in [-0.05, 0) is 12.8 Å². The zero-order chi connectivity index (χ0) is 11.0. The second-order valence-corrected chi connectivity index (χ2v) is 3.46. The molecule has 0 saturated carbocycles. The van der Waals surface area contributed by atoms with Gasteiger partial charge in [-0.2, -0.15) is 0 Å². The van der Waals surface area contributed by atoms with Crippen LogP contribution in [0.5, 0.6) is 0 Å². The number of nitrogens with two attached hydrogens (primary N) is 1. The van der Waals surface area contributed by atoms with Gasteiger partial charge in [-0.1, -0.05) is 20.3 Å². The summed E-state index contributed by atoms with van der Waals surface area (Å²) < 4.78 is 4.81. The summed E-state index contributed by atoms with van der Waals surface area (Å²) in [4.78, 5) is 11.5. The Morgan fingerprint density at radius 3 is 2.57 bits per heavy atom. The molecule has 0 aromatic rings. The molecule has 4 nitrogen and oxygen atoms in total. The van der Waals surface area contributed by atoms with E-state index in [1.807, 2.05) is 0 Å². The Hall–Kier alpha value is -0.610. The molecule has 2 unspecified atom stereocenters. The molecule has 0 radical (unpaired) electrons. The first-order chi connectivity index (χ1) is 6.65. The quantitative estimate of drug-likeness (QED) is 0.637. The van der Waals surface area contributed by atoms with Gasteiger partial charge in [-0.3, -0.25) is 4.79 Å². The first-order valence-corrected chi connectivity index (χ1v) is 5.20. The van der Waals surface area contributed by atoms with Crippen molar-refractivity contribution in [2.75, 3.05) is 13.7 Å². The molecule has 0 aliphatic heterocycles. The molecule has 0 aliphatic carbocycles. The Morgan fingerprint density at radius 2 is 2.14 bits per heavy atom. The van der Waals surface area contributed by atoms with Crippen LogP contribution in [0.25, 0.3) is 0 Å². The molecule has 2 atom stereocenters. The number of carbonyl (C=O) groups excluding carboxylic acids is 1. The maximum atomic E-state index is 11.5. The van der Waals surface area contributed by atoms with Gasteiger partial charge in [0.1, 0.15) is 6.04 Å². The maximum absolute atomic E-state index is 11.5. The third-order valence-electron chi connectivity index (χ3n) is 2.16. The lowest BCUT2D eigenvalue weighted by molar-refractivity contribution is -0.124. The highest BCUT2D eigenvalue weighted by molar-refractivity contribution is 5.81. The minimum Gasteiger partial charge on any atom is -0.383 e. The lowest BCUT2D eigenvalue weighted by Gasteiger charge is -2.18. The molecule has 1 amide bonds. The van der Waals surface area contributed by atoms with Gasteiger partial charge in [0.25, 0.3) is 0 Å². The third-order valence-corrected chi connectivity index (χ3v) is 2.16. The second kappa shape index (κ2) is 7.76. The molecule has 0 saturated heterocycles. The Kier molecular flexibility index (Phi) is 7.42. The summed E-state index contributed by atoms with van der Waals surface area (Å²) in [5.74, 6) is -0.118. The summed E-state index contributed by atoms with van der Waals surface area (Å²) in [7, 11) is 1.54.